The molecule has 0 heterocycles. The van der Waals surface area contributed by atoms with Crippen molar-refractivity contribution in [2.45, 2.75) is 20.8 Å². The summed E-state index contributed by atoms with van der Waals surface area (Å²) in [6, 6.07) is 3.64. The summed E-state index contributed by atoms with van der Waals surface area (Å²) in [6.07, 6.45) is 1.80. The Morgan fingerprint density at radius 1 is 1.31 bits per heavy atom. The lowest BCUT2D eigenvalue weighted by Gasteiger charge is -2.09. The van der Waals surface area contributed by atoms with E-state index < -0.39 is 0 Å². The molecule has 16 heavy (non-hydrogen) atoms. The average Bonchev–Trinajstić information content (AvgIpc) is 2.21. The van der Waals surface area contributed by atoms with Crippen LogP contribution >= 0.6 is 12.4 Å². The summed E-state index contributed by atoms with van der Waals surface area (Å²) in [7, 11) is 1.98. The Hall–Kier alpha value is -1.22. The van der Waals surface area contributed by atoms with E-state index in [2.05, 4.69) is 11.9 Å². The van der Waals surface area contributed by atoms with Gasteiger partial charge in [-0.05, 0) is 44.0 Å². The highest BCUT2D eigenvalue weighted by molar-refractivity contribution is 5.85. The molecule has 90 valence electrons. The van der Waals surface area contributed by atoms with E-state index in [0.717, 1.165) is 23.4 Å². The molecule has 0 radical (unpaired) electrons. The van der Waals surface area contributed by atoms with E-state index >= 15 is 0 Å². The Morgan fingerprint density at radius 2 is 1.94 bits per heavy atom. The van der Waals surface area contributed by atoms with E-state index in [1.807, 2.05) is 31.9 Å². The maximum atomic E-state index is 9.49. The van der Waals surface area contributed by atoms with Crippen LogP contribution in [0.1, 0.15) is 18.1 Å². The number of aliphatic imine (C=N–C) groups is 1. The third kappa shape index (κ3) is 3.74. The number of hydrogen-bond acceptors (Lipinski definition) is 2. The van der Waals surface area contributed by atoms with Gasteiger partial charge in [0.15, 0.2) is 0 Å². The van der Waals surface area contributed by atoms with Crippen molar-refractivity contribution >= 4 is 24.4 Å². The number of aryl methyl sites for hydroxylation is 2. The summed E-state index contributed by atoms with van der Waals surface area (Å²) in [6.45, 7) is 6.82. The molecule has 0 saturated heterocycles. The summed E-state index contributed by atoms with van der Waals surface area (Å²) in [5, 5.41) is 9.49. The molecule has 0 aliphatic heterocycles. The van der Waals surface area contributed by atoms with Gasteiger partial charge in [-0.1, -0.05) is 0 Å². The normalized spacial score (nSPS) is 10.2. The molecule has 0 fully saturated rings. The molecule has 0 atom stereocenters. The SMILES string of the molecule is CCN(C)/C=N/c1cc(C)c(O)cc1C.Cl. The van der Waals surface area contributed by atoms with Crippen LogP contribution in [0.3, 0.4) is 0 Å². The Bertz CT molecular complexity index is 378. The molecule has 0 aliphatic rings. The first-order chi connectivity index (χ1) is 7.04. The van der Waals surface area contributed by atoms with Gasteiger partial charge in [0.2, 0.25) is 0 Å². The van der Waals surface area contributed by atoms with Crippen LogP contribution in [-0.2, 0) is 0 Å². The molecule has 0 unspecified atom stereocenters. The number of benzene rings is 1. The lowest BCUT2D eigenvalue weighted by atomic mass is 10.1. The number of phenolic OH excluding ortho intramolecular Hbond substituents is 1. The molecule has 0 spiro atoms. The third-order valence-electron chi connectivity index (χ3n) is 2.41. The first-order valence-electron chi connectivity index (χ1n) is 5.09. The van der Waals surface area contributed by atoms with E-state index in [-0.39, 0.29) is 12.4 Å². The first-order valence-corrected chi connectivity index (χ1v) is 5.09. The van der Waals surface area contributed by atoms with Crippen molar-refractivity contribution in [3.63, 3.8) is 0 Å². The topological polar surface area (TPSA) is 35.8 Å². The van der Waals surface area contributed by atoms with Crippen LogP contribution in [0.5, 0.6) is 5.75 Å². The van der Waals surface area contributed by atoms with Crippen LogP contribution < -0.4 is 0 Å². The van der Waals surface area contributed by atoms with Crippen LogP contribution in [0.25, 0.3) is 0 Å². The Labute approximate surface area is 103 Å². The van der Waals surface area contributed by atoms with Crippen LogP contribution in [0.15, 0.2) is 17.1 Å². The molecular weight excluding hydrogens is 224 g/mol. The van der Waals surface area contributed by atoms with Gasteiger partial charge < -0.3 is 10.0 Å². The zero-order chi connectivity index (χ0) is 11.4. The van der Waals surface area contributed by atoms with Crippen LogP contribution in [-0.4, -0.2) is 29.9 Å². The lowest BCUT2D eigenvalue weighted by molar-refractivity contribution is 0.470. The fourth-order valence-electron chi connectivity index (χ4n) is 1.17. The van der Waals surface area contributed by atoms with Gasteiger partial charge in [-0.15, -0.1) is 12.4 Å². The second kappa shape index (κ2) is 6.38. The van der Waals surface area contributed by atoms with Crippen molar-refractivity contribution in [1.82, 2.24) is 4.90 Å². The number of aromatic hydroxyl groups is 1. The maximum Gasteiger partial charge on any atom is 0.118 e. The molecule has 1 aromatic carbocycles. The van der Waals surface area contributed by atoms with Crippen molar-refractivity contribution < 1.29 is 5.11 Å². The number of phenols is 1. The average molecular weight is 243 g/mol. The lowest BCUT2D eigenvalue weighted by Crippen LogP contribution is -2.14. The molecule has 4 heteroatoms. The summed E-state index contributed by atoms with van der Waals surface area (Å²) in [4.78, 5) is 6.37. The summed E-state index contributed by atoms with van der Waals surface area (Å²) in [5.74, 6) is 0.329. The minimum atomic E-state index is 0. The number of hydrogen-bond donors (Lipinski definition) is 1. The standard InChI is InChI=1S/C12H18N2O.ClH/c1-5-14(4)8-13-11-6-10(3)12(15)7-9(11)2;/h6-8,15H,5H2,1-4H3;1H/b13-8+;. The van der Waals surface area contributed by atoms with E-state index in [0.29, 0.717) is 5.75 Å². The molecule has 0 amide bonds. The smallest absolute Gasteiger partial charge is 0.118 e. The van der Waals surface area contributed by atoms with Gasteiger partial charge in [-0.2, -0.15) is 0 Å². The minimum Gasteiger partial charge on any atom is -0.508 e. The second-order valence-corrected chi connectivity index (χ2v) is 3.74. The molecule has 0 bridgehead atoms. The van der Waals surface area contributed by atoms with Crippen LogP contribution in [0, 0.1) is 13.8 Å². The molecule has 1 aromatic rings. The van der Waals surface area contributed by atoms with E-state index in [9.17, 15) is 5.11 Å². The van der Waals surface area contributed by atoms with E-state index in [4.69, 9.17) is 0 Å². The van der Waals surface area contributed by atoms with Crippen molar-refractivity contribution in [2.75, 3.05) is 13.6 Å². The van der Waals surface area contributed by atoms with Gasteiger partial charge in [0, 0.05) is 13.6 Å². The highest BCUT2D eigenvalue weighted by Gasteiger charge is 2.01. The highest BCUT2D eigenvalue weighted by Crippen LogP contribution is 2.26. The number of nitrogens with zero attached hydrogens (tertiary/aromatic N) is 2. The molecule has 1 rings (SSSR count). The van der Waals surface area contributed by atoms with E-state index in [1.54, 1.807) is 12.4 Å². The van der Waals surface area contributed by atoms with E-state index in [1.165, 1.54) is 0 Å². The molecular formula is C12H19ClN2O. The van der Waals surface area contributed by atoms with Gasteiger partial charge in [0.1, 0.15) is 5.75 Å². The van der Waals surface area contributed by atoms with Crippen LogP contribution in [0.4, 0.5) is 5.69 Å². The van der Waals surface area contributed by atoms with Crippen LogP contribution in [0.2, 0.25) is 0 Å². The van der Waals surface area contributed by atoms with Gasteiger partial charge >= 0.3 is 0 Å². The Morgan fingerprint density at radius 3 is 2.50 bits per heavy atom. The van der Waals surface area contributed by atoms with Gasteiger partial charge in [-0.25, -0.2) is 4.99 Å². The highest BCUT2D eigenvalue weighted by atomic mass is 35.5. The van der Waals surface area contributed by atoms with Crippen molar-refractivity contribution in [2.24, 2.45) is 4.99 Å². The molecule has 0 aromatic heterocycles. The Balaban J connectivity index is 0.00000225. The van der Waals surface area contributed by atoms with Gasteiger partial charge in [0.25, 0.3) is 0 Å². The fourth-order valence-corrected chi connectivity index (χ4v) is 1.17. The van der Waals surface area contributed by atoms with Gasteiger partial charge in [-0.3, -0.25) is 0 Å². The second-order valence-electron chi connectivity index (χ2n) is 3.74. The summed E-state index contributed by atoms with van der Waals surface area (Å²) < 4.78 is 0. The predicted octanol–water partition coefficient (Wildman–Crippen LogP) is 3.04. The largest absolute Gasteiger partial charge is 0.508 e. The number of halogens is 1. The zero-order valence-corrected chi connectivity index (χ0v) is 11.0. The third-order valence-corrected chi connectivity index (χ3v) is 2.41. The summed E-state index contributed by atoms with van der Waals surface area (Å²) >= 11 is 0. The Kier molecular flexibility index (Phi) is 5.89. The molecule has 0 aliphatic carbocycles. The molecule has 3 nitrogen and oxygen atoms in total. The summed E-state index contributed by atoms with van der Waals surface area (Å²) in [5.41, 5.74) is 2.75. The minimum absolute atomic E-state index is 0. The number of rotatable bonds is 3. The van der Waals surface area contributed by atoms with Crippen molar-refractivity contribution in [3.05, 3.63) is 23.3 Å². The zero-order valence-electron chi connectivity index (χ0n) is 10.2. The molecule has 1 N–H and O–H groups in total. The van der Waals surface area contributed by atoms with Crippen molar-refractivity contribution in [1.29, 1.82) is 0 Å². The first kappa shape index (κ1) is 14.8. The predicted molar refractivity (Wildman–Crippen MR) is 71.3 cm³/mol. The molecule has 0 saturated carbocycles. The van der Waals surface area contributed by atoms with Crippen molar-refractivity contribution in [3.8, 4) is 5.75 Å². The fraction of sp³-hybridized carbons (Fsp3) is 0.417. The van der Waals surface area contributed by atoms with Gasteiger partial charge in [0.05, 0.1) is 12.0 Å². The quantitative estimate of drug-likeness (QED) is 0.653. The maximum absolute atomic E-state index is 9.49. The monoisotopic (exact) mass is 242 g/mol.